The van der Waals surface area contributed by atoms with Gasteiger partial charge >= 0.3 is 0 Å². The molecule has 11 aromatic rings. The van der Waals surface area contributed by atoms with Gasteiger partial charge in [-0.15, -0.1) is 0 Å². The summed E-state index contributed by atoms with van der Waals surface area (Å²) in [5.41, 5.74) is 13.9. The van der Waals surface area contributed by atoms with Crippen LogP contribution in [-0.4, -0.2) is 4.98 Å². The molecular formula is C53H34N2O2. The number of fused-ring (bicyclic) bond motifs is 6. The highest BCUT2D eigenvalue weighted by molar-refractivity contribution is 6.19. The van der Waals surface area contributed by atoms with Crippen LogP contribution in [0.3, 0.4) is 0 Å². The lowest BCUT2D eigenvalue weighted by atomic mass is 9.99. The van der Waals surface area contributed by atoms with Gasteiger partial charge in [0.2, 0.25) is 5.89 Å². The lowest BCUT2D eigenvalue weighted by Crippen LogP contribution is -2.10. The van der Waals surface area contributed by atoms with Crippen LogP contribution in [0.4, 0.5) is 17.1 Å². The van der Waals surface area contributed by atoms with Crippen molar-refractivity contribution >= 4 is 60.9 Å². The van der Waals surface area contributed by atoms with Gasteiger partial charge in [-0.2, -0.15) is 0 Å². The molecule has 0 saturated heterocycles. The largest absolute Gasteiger partial charge is 0.456 e. The lowest BCUT2D eigenvalue weighted by molar-refractivity contribution is 0.622. The van der Waals surface area contributed by atoms with Gasteiger partial charge in [0.25, 0.3) is 0 Å². The number of benzene rings is 9. The van der Waals surface area contributed by atoms with Crippen LogP contribution in [0, 0.1) is 0 Å². The molecule has 2 aromatic heterocycles. The second kappa shape index (κ2) is 13.6. The molecule has 0 saturated carbocycles. The van der Waals surface area contributed by atoms with E-state index < -0.39 is 0 Å². The van der Waals surface area contributed by atoms with Crippen LogP contribution in [0.2, 0.25) is 0 Å². The molecule has 0 amide bonds. The maximum absolute atomic E-state index is 6.61. The van der Waals surface area contributed by atoms with E-state index in [9.17, 15) is 0 Å². The normalized spacial score (nSPS) is 11.5. The summed E-state index contributed by atoms with van der Waals surface area (Å²) in [5.74, 6) is 0.581. The molecule has 0 atom stereocenters. The highest BCUT2D eigenvalue weighted by atomic mass is 16.4. The first-order valence-electron chi connectivity index (χ1n) is 19.2. The summed E-state index contributed by atoms with van der Waals surface area (Å²) in [6.45, 7) is 0. The second-order valence-electron chi connectivity index (χ2n) is 14.4. The molecule has 11 rings (SSSR count). The number of hydrogen-bond acceptors (Lipinski definition) is 4. The van der Waals surface area contributed by atoms with Crippen LogP contribution in [0.1, 0.15) is 0 Å². The van der Waals surface area contributed by atoms with Gasteiger partial charge in [0.05, 0.1) is 5.39 Å². The van der Waals surface area contributed by atoms with Crippen molar-refractivity contribution in [3.05, 3.63) is 206 Å². The Kier molecular flexibility index (Phi) is 7.78. The minimum atomic E-state index is 0.581. The third-order valence-electron chi connectivity index (χ3n) is 10.9. The zero-order chi connectivity index (χ0) is 37.7. The molecular weight excluding hydrogens is 697 g/mol. The fraction of sp³-hybridized carbons (Fsp3) is 0. The molecule has 2 heterocycles. The van der Waals surface area contributed by atoms with Gasteiger partial charge in [-0.1, -0.05) is 140 Å². The van der Waals surface area contributed by atoms with Gasteiger partial charge in [0.1, 0.15) is 16.7 Å². The second-order valence-corrected chi connectivity index (χ2v) is 14.4. The van der Waals surface area contributed by atoms with E-state index in [0.717, 1.165) is 72.4 Å². The van der Waals surface area contributed by atoms with Crippen molar-refractivity contribution in [2.24, 2.45) is 0 Å². The number of oxazole rings is 1. The Hall–Kier alpha value is -7.69. The minimum Gasteiger partial charge on any atom is -0.456 e. The summed E-state index contributed by atoms with van der Waals surface area (Å²) in [6, 6.07) is 72.3. The molecule has 0 N–H and O–H groups in total. The van der Waals surface area contributed by atoms with Crippen LogP contribution in [0.5, 0.6) is 0 Å². The molecule has 0 aliphatic heterocycles. The SMILES string of the molecule is c1ccc(-c2ccc(N(c3ccc(-c4cc5oc6ccccc6c5c5oc(-c6ccccc6)nc45)cc3)c3cccc(-c4ccc5ccccc5c4)c3)cc2)cc1. The van der Waals surface area contributed by atoms with Crippen LogP contribution in [0.15, 0.2) is 215 Å². The maximum atomic E-state index is 6.61. The van der Waals surface area contributed by atoms with Crippen molar-refractivity contribution in [3.63, 3.8) is 0 Å². The summed E-state index contributed by atoms with van der Waals surface area (Å²) >= 11 is 0. The van der Waals surface area contributed by atoms with Crippen molar-refractivity contribution in [1.29, 1.82) is 0 Å². The first kappa shape index (κ1) is 32.7. The molecule has 4 heteroatoms. The number of anilines is 3. The number of hydrogen-bond donors (Lipinski definition) is 0. The van der Waals surface area contributed by atoms with Crippen molar-refractivity contribution in [2.45, 2.75) is 0 Å². The van der Waals surface area contributed by atoms with Crippen LogP contribution in [0.25, 0.3) is 88.6 Å². The zero-order valence-electron chi connectivity index (χ0n) is 30.8. The molecule has 0 spiro atoms. The van der Waals surface area contributed by atoms with Crippen LogP contribution >= 0.6 is 0 Å². The third kappa shape index (κ3) is 5.83. The van der Waals surface area contributed by atoms with E-state index in [1.807, 2.05) is 48.5 Å². The van der Waals surface area contributed by atoms with E-state index in [2.05, 4.69) is 163 Å². The number of para-hydroxylation sites is 1. The van der Waals surface area contributed by atoms with Gasteiger partial charge in [-0.25, -0.2) is 4.98 Å². The summed E-state index contributed by atoms with van der Waals surface area (Å²) in [4.78, 5) is 7.44. The van der Waals surface area contributed by atoms with E-state index >= 15 is 0 Å². The quantitative estimate of drug-likeness (QED) is 0.164. The highest BCUT2D eigenvalue weighted by Crippen LogP contribution is 2.43. The van der Waals surface area contributed by atoms with E-state index in [1.54, 1.807) is 0 Å². The molecule has 268 valence electrons. The lowest BCUT2D eigenvalue weighted by Gasteiger charge is -2.26. The molecule has 4 nitrogen and oxygen atoms in total. The number of nitrogens with zero attached hydrogens (tertiary/aromatic N) is 2. The van der Waals surface area contributed by atoms with E-state index in [-0.39, 0.29) is 0 Å². The molecule has 0 aliphatic carbocycles. The van der Waals surface area contributed by atoms with Crippen molar-refractivity contribution < 1.29 is 8.83 Å². The number of furan rings is 1. The Labute approximate surface area is 329 Å². The zero-order valence-corrected chi connectivity index (χ0v) is 30.8. The number of rotatable bonds is 7. The Morgan fingerprint density at radius 1 is 0.368 bits per heavy atom. The maximum Gasteiger partial charge on any atom is 0.227 e. The van der Waals surface area contributed by atoms with Gasteiger partial charge in [0, 0.05) is 33.6 Å². The standard InChI is InChI=1S/C53H34N2O2/c1-3-12-35(13-4-1)37-24-28-43(29-25-37)55(45-19-11-18-41(33-45)42-23-22-36-14-7-8-17-40(36)32-42)44-30-26-38(27-31-44)47-34-49-50(46-20-9-10-21-48(46)56-49)52-51(47)54-53(57-52)39-15-5-2-6-16-39/h1-34H. The summed E-state index contributed by atoms with van der Waals surface area (Å²) in [6.07, 6.45) is 0. The smallest absolute Gasteiger partial charge is 0.227 e. The molecule has 9 aromatic carbocycles. The Balaban J connectivity index is 1.04. The summed E-state index contributed by atoms with van der Waals surface area (Å²) in [5, 5.41) is 4.40. The molecule has 0 unspecified atom stereocenters. The molecule has 0 aliphatic rings. The fourth-order valence-electron chi connectivity index (χ4n) is 8.06. The van der Waals surface area contributed by atoms with Gasteiger partial charge in [-0.05, 0) is 105 Å². The summed E-state index contributed by atoms with van der Waals surface area (Å²) in [7, 11) is 0. The average molecular weight is 731 g/mol. The Bertz CT molecular complexity index is 3220. The van der Waals surface area contributed by atoms with Crippen molar-refractivity contribution in [2.75, 3.05) is 4.90 Å². The van der Waals surface area contributed by atoms with E-state index in [1.165, 1.54) is 27.5 Å². The molecule has 0 bridgehead atoms. The number of aromatic nitrogens is 1. The highest BCUT2D eigenvalue weighted by Gasteiger charge is 2.22. The molecule has 0 radical (unpaired) electrons. The fourth-order valence-corrected chi connectivity index (χ4v) is 8.06. The monoisotopic (exact) mass is 730 g/mol. The predicted octanol–water partition coefficient (Wildman–Crippen LogP) is 15.0. The van der Waals surface area contributed by atoms with Crippen LogP contribution in [-0.2, 0) is 0 Å². The molecule has 57 heavy (non-hydrogen) atoms. The molecule has 0 fully saturated rings. The van der Waals surface area contributed by atoms with E-state index in [0.29, 0.717) is 5.89 Å². The predicted molar refractivity (Wildman–Crippen MR) is 235 cm³/mol. The first-order chi connectivity index (χ1) is 28.2. The van der Waals surface area contributed by atoms with Crippen LogP contribution < -0.4 is 4.90 Å². The van der Waals surface area contributed by atoms with Gasteiger partial charge < -0.3 is 13.7 Å². The minimum absolute atomic E-state index is 0.581. The Morgan fingerprint density at radius 2 is 0.965 bits per heavy atom. The van der Waals surface area contributed by atoms with Gasteiger partial charge in [-0.3, -0.25) is 0 Å². The summed E-state index contributed by atoms with van der Waals surface area (Å²) < 4.78 is 13.0. The first-order valence-corrected chi connectivity index (χ1v) is 19.2. The van der Waals surface area contributed by atoms with Crippen molar-refractivity contribution in [1.82, 2.24) is 4.98 Å². The average Bonchev–Trinajstić information content (AvgIpc) is 3.90. The Morgan fingerprint density at radius 3 is 1.74 bits per heavy atom. The van der Waals surface area contributed by atoms with Gasteiger partial charge in [0.15, 0.2) is 5.58 Å². The topological polar surface area (TPSA) is 42.4 Å². The van der Waals surface area contributed by atoms with E-state index in [4.69, 9.17) is 13.8 Å². The third-order valence-corrected chi connectivity index (χ3v) is 10.9. The van der Waals surface area contributed by atoms with Crippen molar-refractivity contribution in [3.8, 4) is 44.8 Å².